The van der Waals surface area contributed by atoms with Crippen LogP contribution in [0, 0.1) is 0 Å². The van der Waals surface area contributed by atoms with Crippen LogP contribution in [0.5, 0.6) is 5.88 Å². The number of carbonyl (C=O) groups is 1. The number of aliphatic hydroxyl groups excluding tert-OH is 2. The Bertz CT molecular complexity index is 317. The van der Waals surface area contributed by atoms with E-state index in [2.05, 4.69) is 20.0 Å². The SMILES string of the molecule is CC(O)CC(O)CC(=O)OOc1ccn[nH]1.[NaH]. The fourth-order valence-electron chi connectivity index (χ4n) is 1.08. The molecule has 17 heavy (non-hydrogen) atoms. The van der Waals surface area contributed by atoms with Gasteiger partial charge in [0, 0.05) is 6.07 Å². The molecule has 1 aromatic heterocycles. The molecule has 3 N–H and O–H groups in total. The minimum absolute atomic E-state index is 0. The predicted molar refractivity (Wildman–Crippen MR) is 59.4 cm³/mol. The summed E-state index contributed by atoms with van der Waals surface area (Å²) < 4.78 is 0. The van der Waals surface area contributed by atoms with Gasteiger partial charge in [0.15, 0.2) is 0 Å². The van der Waals surface area contributed by atoms with Crippen molar-refractivity contribution in [2.45, 2.75) is 32.0 Å². The number of hydrogen-bond donors (Lipinski definition) is 3. The number of nitrogens with one attached hydrogen (secondary N) is 1. The van der Waals surface area contributed by atoms with E-state index < -0.39 is 18.2 Å². The van der Waals surface area contributed by atoms with E-state index in [0.717, 1.165) is 0 Å². The zero-order valence-corrected chi connectivity index (χ0v) is 8.79. The zero-order valence-electron chi connectivity index (χ0n) is 8.79. The van der Waals surface area contributed by atoms with Crippen LogP contribution in [0.1, 0.15) is 19.8 Å². The normalized spacial score (nSPS) is 13.4. The van der Waals surface area contributed by atoms with E-state index in [0.29, 0.717) is 0 Å². The van der Waals surface area contributed by atoms with Gasteiger partial charge >= 0.3 is 35.5 Å². The molecule has 0 aliphatic heterocycles. The first-order chi connectivity index (χ1) is 7.58. The summed E-state index contributed by atoms with van der Waals surface area (Å²) in [6, 6.07) is 1.47. The van der Waals surface area contributed by atoms with Crippen molar-refractivity contribution in [1.29, 1.82) is 0 Å². The standard InChI is InChI=1S/C9H14N2O5.Na.H/c1-6(12)4-7(13)5-9(14)16-15-8-2-3-10-11-8;;/h2-3,6-7,12-13H,4-5H2,1H3,(H,10,11);;. The topological polar surface area (TPSA) is 105 Å². The van der Waals surface area contributed by atoms with Crippen molar-refractivity contribution in [2.24, 2.45) is 0 Å². The van der Waals surface area contributed by atoms with Gasteiger partial charge < -0.3 is 10.2 Å². The van der Waals surface area contributed by atoms with Crippen molar-refractivity contribution in [3.8, 4) is 5.88 Å². The summed E-state index contributed by atoms with van der Waals surface area (Å²) in [5.41, 5.74) is 0. The molecule has 2 unspecified atom stereocenters. The molecule has 0 radical (unpaired) electrons. The number of aromatic nitrogens is 2. The molecule has 2 atom stereocenters. The third-order valence-electron chi connectivity index (χ3n) is 1.72. The fourth-order valence-corrected chi connectivity index (χ4v) is 1.08. The Hall–Kier alpha value is -0.600. The molecule has 1 aromatic rings. The number of H-pyrrole nitrogens is 1. The van der Waals surface area contributed by atoms with E-state index >= 15 is 0 Å². The van der Waals surface area contributed by atoms with Crippen molar-refractivity contribution in [2.75, 3.05) is 0 Å². The zero-order chi connectivity index (χ0) is 12.0. The second-order valence-corrected chi connectivity index (χ2v) is 3.40. The van der Waals surface area contributed by atoms with Gasteiger partial charge in [-0.2, -0.15) is 5.10 Å². The van der Waals surface area contributed by atoms with E-state index in [4.69, 9.17) is 5.11 Å². The van der Waals surface area contributed by atoms with Crippen LogP contribution in [-0.2, 0) is 9.68 Å². The Morgan fingerprint density at radius 3 is 2.82 bits per heavy atom. The minimum atomic E-state index is -0.946. The maximum atomic E-state index is 11.1. The molecule has 92 valence electrons. The maximum absolute atomic E-state index is 11.1. The Morgan fingerprint density at radius 1 is 1.59 bits per heavy atom. The number of aliphatic hydroxyl groups is 2. The number of hydrogen-bond acceptors (Lipinski definition) is 6. The molecule has 0 amide bonds. The van der Waals surface area contributed by atoms with Gasteiger partial charge in [0.2, 0.25) is 0 Å². The summed E-state index contributed by atoms with van der Waals surface area (Å²) in [6.07, 6.45) is -0.307. The van der Waals surface area contributed by atoms with Gasteiger partial charge in [-0.3, -0.25) is 4.89 Å². The first-order valence-electron chi connectivity index (χ1n) is 4.80. The molecule has 8 heteroatoms. The van der Waals surface area contributed by atoms with Crippen LogP contribution < -0.4 is 4.89 Å². The number of nitrogens with zero attached hydrogens (tertiary/aromatic N) is 1. The molecule has 0 aliphatic carbocycles. The van der Waals surface area contributed by atoms with Crippen molar-refractivity contribution >= 4 is 35.5 Å². The van der Waals surface area contributed by atoms with Crippen LogP contribution in [0.15, 0.2) is 12.3 Å². The van der Waals surface area contributed by atoms with Crippen LogP contribution in [-0.4, -0.2) is 68.1 Å². The molecule has 0 spiro atoms. The van der Waals surface area contributed by atoms with Gasteiger partial charge in [0.1, 0.15) is 0 Å². The fraction of sp³-hybridized carbons (Fsp3) is 0.556. The molecule has 0 aromatic carbocycles. The molecular formula is C9H15N2NaO5. The van der Waals surface area contributed by atoms with Gasteiger partial charge in [-0.1, -0.05) is 0 Å². The molecular weight excluding hydrogens is 239 g/mol. The summed E-state index contributed by atoms with van der Waals surface area (Å²) in [5, 5.41) is 24.3. The predicted octanol–water partition coefficient (Wildman–Crippen LogP) is -0.880. The van der Waals surface area contributed by atoms with Crippen molar-refractivity contribution in [1.82, 2.24) is 10.2 Å². The van der Waals surface area contributed by atoms with Crippen LogP contribution in [0.2, 0.25) is 0 Å². The quantitative estimate of drug-likeness (QED) is 0.346. The number of carbonyl (C=O) groups excluding carboxylic acids is 1. The summed E-state index contributed by atoms with van der Waals surface area (Å²) >= 11 is 0. The second kappa shape index (κ2) is 8.48. The Balaban J connectivity index is 0.00000256. The summed E-state index contributed by atoms with van der Waals surface area (Å²) in [6.45, 7) is 1.52. The molecule has 1 heterocycles. The molecule has 0 fully saturated rings. The average molecular weight is 254 g/mol. The van der Waals surface area contributed by atoms with Gasteiger partial charge in [-0.15, -0.1) is 0 Å². The van der Waals surface area contributed by atoms with Crippen molar-refractivity contribution in [3.05, 3.63) is 12.3 Å². The Labute approximate surface area is 120 Å². The molecule has 1 rings (SSSR count). The third kappa shape index (κ3) is 7.35. The van der Waals surface area contributed by atoms with Crippen LogP contribution in [0.4, 0.5) is 0 Å². The van der Waals surface area contributed by atoms with E-state index in [-0.39, 0.29) is 48.3 Å². The van der Waals surface area contributed by atoms with Crippen LogP contribution in [0.25, 0.3) is 0 Å². The third-order valence-corrected chi connectivity index (χ3v) is 1.72. The van der Waals surface area contributed by atoms with Gasteiger partial charge in [-0.25, -0.2) is 14.8 Å². The number of rotatable bonds is 6. The van der Waals surface area contributed by atoms with Gasteiger partial charge in [0.05, 0.1) is 24.8 Å². The van der Waals surface area contributed by atoms with Crippen LogP contribution in [0.3, 0.4) is 0 Å². The van der Waals surface area contributed by atoms with E-state index in [1.807, 2.05) is 0 Å². The summed E-state index contributed by atoms with van der Waals surface area (Å²) in [7, 11) is 0. The molecule has 0 saturated heterocycles. The number of aromatic amines is 1. The second-order valence-electron chi connectivity index (χ2n) is 3.40. The monoisotopic (exact) mass is 254 g/mol. The van der Waals surface area contributed by atoms with E-state index in [1.165, 1.54) is 19.2 Å². The first kappa shape index (κ1) is 16.4. The van der Waals surface area contributed by atoms with E-state index in [1.54, 1.807) is 0 Å². The van der Waals surface area contributed by atoms with Crippen molar-refractivity contribution < 1.29 is 24.8 Å². The summed E-state index contributed by atoms with van der Waals surface area (Å²) in [5.74, 6) is -0.527. The molecule has 0 aliphatic rings. The average Bonchev–Trinajstić information content (AvgIpc) is 2.65. The molecule has 0 saturated carbocycles. The molecule has 7 nitrogen and oxygen atoms in total. The van der Waals surface area contributed by atoms with Gasteiger partial charge in [0.25, 0.3) is 5.88 Å². The Morgan fingerprint density at radius 2 is 2.29 bits per heavy atom. The molecule has 0 bridgehead atoms. The van der Waals surface area contributed by atoms with Crippen LogP contribution >= 0.6 is 0 Å². The Kier molecular flexibility index (Phi) is 8.19. The van der Waals surface area contributed by atoms with Gasteiger partial charge in [-0.05, 0) is 13.3 Å². The van der Waals surface area contributed by atoms with Crippen molar-refractivity contribution in [3.63, 3.8) is 0 Å². The first-order valence-corrected chi connectivity index (χ1v) is 4.80. The summed E-state index contributed by atoms with van der Waals surface area (Å²) in [4.78, 5) is 20.1. The van der Waals surface area contributed by atoms with E-state index in [9.17, 15) is 9.90 Å².